The second-order valence-corrected chi connectivity index (χ2v) is 3.44. The highest BCUT2D eigenvalue weighted by atomic mass is 79.9. The Morgan fingerprint density at radius 1 is 1.33 bits per heavy atom. The van der Waals surface area contributed by atoms with Crippen LogP contribution in [-0.4, -0.2) is 17.9 Å². The molecule has 0 aromatic rings. The largest absolute Gasteiger partial charge is 0.311 e. The van der Waals surface area contributed by atoms with Crippen LogP contribution in [0.1, 0.15) is 25.7 Å². The van der Waals surface area contributed by atoms with Crippen molar-refractivity contribution in [3.63, 3.8) is 0 Å². The smallest absolute Gasteiger partial charge is 0.0193 e. The maximum absolute atomic E-state index is 3.42. The predicted octanol–water partition coefficient (Wildman–Crippen LogP) is 1.91. The number of halogens is 1. The molecule has 1 fully saturated rings. The third kappa shape index (κ3) is 3.93. The third-order valence-corrected chi connectivity index (χ3v) is 2.24. The van der Waals surface area contributed by atoms with Crippen LogP contribution in [0.5, 0.6) is 0 Å². The van der Waals surface area contributed by atoms with Crippen LogP contribution < -0.4 is 5.32 Å². The minimum atomic E-state index is 0.889. The molecule has 0 amide bonds. The molecule has 0 aliphatic carbocycles. The second kappa shape index (κ2) is 4.29. The number of nitrogens with one attached hydrogen (secondary N) is 1. The lowest BCUT2D eigenvalue weighted by Gasteiger charge is -1.94. The van der Waals surface area contributed by atoms with Crippen molar-refractivity contribution in [2.24, 2.45) is 0 Å². The van der Waals surface area contributed by atoms with Crippen molar-refractivity contribution >= 4 is 15.9 Å². The van der Waals surface area contributed by atoms with Gasteiger partial charge in [0, 0.05) is 17.9 Å². The van der Waals surface area contributed by atoms with Gasteiger partial charge >= 0.3 is 0 Å². The summed E-state index contributed by atoms with van der Waals surface area (Å²) < 4.78 is 0. The monoisotopic (exact) mass is 191 g/mol. The van der Waals surface area contributed by atoms with Gasteiger partial charge in [-0.2, -0.15) is 0 Å². The normalized spacial score (nSPS) is 24.3. The van der Waals surface area contributed by atoms with Crippen molar-refractivity contribution in [3.8, 4) is 0 Å². The zero-order valence-corrected chi connectivity index (χ0v) is 7.28. The standard InChI is InChI=1S/C7H14BrN/c8-5-3-1-2-4-7-6-9-7/h7,9H,1-6H2. The van der Waals surface area contributed by atoms with Gasteiger partial charge in [-0.1, -0.05) is 28.8 Å². The van der Waals surface area contributed by atoms with Crippen LogP contribution in [0.15, 0.2) is 0 Å². The fourth-order valence-corrected chi connectivity index (χ4v) is 1.35. The van der Waals surface area contributed by atoms with Crippen molar-refractivity contribution in [2.45, 2.75) is 31.7 Å². The van der Waals surface area contributed by atoms with E-state index >= 15 is 0 Å². The highest BCUT2D eigenvalue weighted by molar-refractivity contribution is 9.09. The summed E-state index contributed by atoms with van der Waals surface area (Å²) in [6.45, 7) is 1.27. The Labute approximate surface area is 65.3 Å². The topological polar surface area (TPSA) is 21.9 Å². The molecule has 1 rings (SSSR count). The first-order valence-corrected chi connectivity index (χ1v) is 4.85. The molecular formula is C7H14BrN. The van der Waals surface area contributed by atoms with Gasteiger partial charge in [0.25, 0.3) is 0 Å². The molecule has 9 heavy (non-hydrogen) atoms. The first kappa shape index (κ1) is 7.55. The van der Waals surface area contributed by atoms with Gasteiger partial charge < -0.3 is 5.32 Å². The van der Waals surface area contributed by atoms with Crippen LogP contribution >= 0.6 is 15.9 Å². The Hall–Kier alpha value is 0.440. The highest BCUT2D eigenvalue weighted by Gasteiger charge is 2.17. The molecule has 1 unspecified atom stereocenters. The fraction of sp³-hybridized carbons (Fsp3) is 1.00. The molecular weight excluding hydrogens is 178 g/mol. The number of rotatable bonds is 5. The van der Waals surface area contributed by atoms with Crippen molar-refractivity contribution < 1.29 is 0 Å². The highest BCUT2D eigenvalue weighted by Crippen LogP contribution is 2.09. The Balaban J connectivity index is 1.71. The molecule has 1 saturated heterocycles. The molecule has 0 radical (unpaired) electrons. The molecule has 2 heteroatoms. The maximum Gasteiger partial charge on any atom is 0.0193 e. The SMILES string of the molecule is BrCCCCCC1CN1. The molecule has 1 atom stereocenters. The van der Waals surface area contributed by atoms with Crippen LogP contribution in [0.4, 0.5) is 0 Å². The molecule has 1 aliphatic heterocycles. The van der Waals surface area contributed by atoms with Gasteiger partial charge in [0.15, 0.2) is 0 Å². The number of hydrogen-bond donors (Lipinski definition) is 1. The van der Waals surface area contributed by atoms with Gasteiger partial charge in [-0.25, -0.2) is 0 Å². The summed E-state index contributed by atoms with van der Waals surface area (Å²) in [6.07, 6.45) is 5.53. The number of alkyl halides is 1. The van der Waals surface area contributed by atoms with E-state index in [9.17, 15) is 0 Å². The van der Waals surface area contributed by atoms with E-state index in [1.54, 1.807) is 0 Å². The van der Waals surface area contributed by atoms with Gasteiger partial charge in [0.1, 0.15) is 0 Å². The van der Waals surface area contributed by atoms with Gasteiger partial charge in [-0.05, 0) is 12.8 Å². The summed E-state index contributed by atoms with van der Waals surface area (Å²) >= 11 is 3.42. The van der Waals surface area contributed by atoms with Crippen molar-refractivity contribution in [3.05, 3.63) is 0 Å². The van der Waals surface area contributed by atoms with Gasteiger partial charge in [-0.3, -0.25) is 0 Å². The summed E-state index contributed by atoms with van der Waals surface area (Å²) in [5, 5.41) is 4.47. The van der Waals surface area contributed by atoms with Crippen LogP contribution in [0.3, 0.4) is 0 Å². The van der Waals surface area contributed by atoms with E-state index in [4.69, 9.17) is 0 Å². The lowest BCUT2D eigenvalue weighted by molar-refractivity contribution is 0.664. The zero-order chi connectivity index (χ0) is 6.53. The Bertz CT molecular complexity index is 71.3. The molecule has 54 valence electrons. The van der Waals surface area contributed by atoms with Crippen molar-refractivity contribution in [1.29, 1.82) is 0 Å². The van der Waals surface area contributed by atoms with E-state index in [0.29, 0.717) is 0 Å². The van der Waals surface area contributed by atoms with Gasteiger partial charge in [-0.15, -0.1) is 0 Å². The van der Waals surface area contributed by atoms with E-state index in [-0.39, 0.29) is 0 Å². The number of unbranched alkanes of at least 4 members (excludes halogenated alkanes) is 2. The number of hydrogen-bond acceptors (Lipinski definition) is 1. The molecule has 1 nitrogen and oxygen atoms in total. The lowest BCUT2D eigenvalue weighted by Crippen LogP contribution is -1.89. The lowest BCUT2D eigenvalue weighted by atomic mass is 10.2. The quantitative estimate of drug-likeness (QED) is 0.401. The first-order valence-electron chi connectivity index (χ1n) is 3.73. The molecule has 0 spiro atoms. The summed E-state index contributed by atoms with van der Waals surface area (Å²) in [5.41, 5.74) is 0. The summed E-state index contributed by atoms with van der Waals surface area (Å²) in [7, 11) is 0. The molecule has 0 aromatic heterocycles. The molecule has 0 bridgehead atoms. The maximum atomic E-state index is 3.42. The molecule has 1 aliphatic rings. The Morgan fingerprint density at radius 2 is 2.11 bits per heavy atom. The predicted molar refractivity (Wildman–Crippen MR) is 44.1 cm³/mol. The van der Waals surface area contributed by atoms with Crippen LogP contribution in [0.25, 0.3) is 0 Å². The average molecular weight is 192 g/mol. The van der Waals surface area contributed by atoms with Crippen molar-refractivity contribution in [2.75, 3.05) is 11.9 Å². The van der Waals surface area contributed by atoms with E-state index < -0.39 is 0 Å². The molecule has 0 saturated carbocycles. The minimum absolute atomic E-state index is 0.889. The second-order valence-electron chi connectivity index (χ2n) is 2.64. The van der Waals surface area contributed by atoms with Crippen LogP contribution in [0.2, 0.25) is 0 Å². The Morgan fingerprint density at radius 3 is 2.67 bits per heavy atom. The molecule has 0 aromatic carbocycles. The van der Waals surface area contributed by atoms with Gasteiger partial charge in [0.2, 0.25) is 0 Å². The first-order chi connectivity index (χ1) is 4.43. The summed E-state index contributed by atoms with van der Waals surface area (Å²) in [6, 6.07) is 0.889. The fourth-order valence-electron chi connectivity index (χ4n) is 0.949. The zero-order valence-electron chi connectivity index (χ0n) is 5.70. The van der Waals surface area contributed by atoms with Crippen LogP contribution in [-0.2, 0) is 0 Å². The van der Waals surface area contributed by atoms with E-state index in [1.807, 2.05) is 0 Å². The van der Waals surface area contributed by atoms with E-state index in [0.717, 1.165) is 6.04 Å². The third-order valence-electron chi connectivity index (χ3n) is 1.68. The average Bonchev–Trinajstić information content (AvgIpc) is 2.63. The molecule has 1 N–H and O–H groups in total. The minimum Gasteiger partial charge on any atom is -0.311 e. The summed E-state index contributed by atoms with van der Waals surface area (Å²) in [5.74, 6) is 0. The van der Waals surface area contributed by atoms with E-state index in [2.05, 4.69) is 21.2 Å². The van der Waals surface area contributed by atoms with E-state index in [1.165, 1.54) is 37.6 Å². The summed E-state index contributed by atoms with van der Waals surface area (Å²) in [4.78, 5) is 0. The van der Waals surface area contributed by atoms with Crippen LogP contribution in [0, 0.1) is 0 Å². The van der Waals surface area contributed by atoms with Crippen molar-refractivity contribution in [1.82, 2.24) is 5.32 Å². The van der Waals surface area contributed by atoms with Gasteiger partial charge in [0.05, 0.1) is 0 Å². The Kier molecular flexibility index (Phi) is 3.59. The molecule has 1 heterocycles.